The molecule has 3 rings (SSSR count). The van der Waals surface area contributed by atoms with Gasteiger partial charge in [0, 0.05) is 0 Å². The number of rotatable bonds is 2. The van der Waals surface area contributed by atoms with Gasteiger partial charge in [-0.3, -0.25) is 19.3 Å². The number of morpholine rings is 1. The van der Waals surface area contributed by atoms with Gasteiger partial charge in [-0.15, -0.1) is 0 Å². The molecule has 1 aliphatic carbocycles. The van der Waals surface area contributed by atoms with Gasteiger partial charge < -0.3 is 9.84 Å². The van der Waals surface area contributed by atoms with Gasteiger partial charge in [0.15, 0.2) is 0 Å². The molecule has 1 N–H and O–H groups in total. The van der Waals surface area contributed by atoms with Crippen LogP contribution in [0.1, 0.15) is 44.9 Å². The first-order chi connectivity index (χ1) is 9.59. The van der Waals surface area contributed by atoms with E-state index in [1.807, 2.05) is 0 Å². The molecule has 110 valence electrons. The number of carbonyl (C=O) groups is 3. The van der Waals surface area contributed by atoms with Crippen molar-refractivity contribution in [3.05, 3.63) is 0 Å². The Kier molecular flexibility index (Phi) is 3.50. The molecule has 1 saturated carbocycles. The predicted molar refractivity (Wildman–Crippen MR) is 67.7 cm³/mol. The Morgan fingerprint density at radius 2 is 1.60 bits per heavy atom. The molecular weight excluding hydrogens is 262 g/mol. The molecule has 2 saturated heterocycles. The quantitative estimate of drug-likeness (QED) is 0.601. The molecule has 20 heavy (non-hydrogen) atoms. The van der Waals surface area contributed by atoms with E-state index in [4.69, 9.17) is 4.74 Å². The lowest BCUT2D eigenvalue weighted by molar-refractivity contribution is -0.174. The summed E-state index contributed by atoms with van der Waals surface area (Å²) >= 11 is 0. The normalized spacial score (nSPS) is 37.9. The first-order valence-electron chi connectivity index (χ1n) is 7.35. The predicted octanol–water partition coefficient (Wildman–Crippen LogP) is 0.936. The fourth-order valence-corrected chi connectivity index (χ4v) is 3.63. The summed E-state index contributed by atoms with van der Waals surface area (Å²) in [4.78, 5) is 37.4. The Balaban J connectivity index is 1.89. The van der Waals surface area contributed by atoms with Gasteiger partial charge in [-0.1, -0.05) is 19.3 Å². The van der Waals surface area contributed by atoms with E-state index in [1.165, 1.54) is 4.90 Å². The number of nitrogens with zero attached hydrogens (tertiary/aromatic N) is 1. The minimum Gasteiger partial charge on any atom is -0.481 e. The summed E-state index contributed by atoms with van der Waals surface area (Å²) in [6, 6.07) is -0.498. The van der Waals surface area contributed by atoms with Crippen LogP contribution in [0.4, 0.5) is 0 Å². The van der Waals surface area contributed by atoms with Gasteiger partial charge in [0.1, 0.15) is 12.2 Å². The second kappa shape index (κ2) is 5.16. The summed E-state index contributed by atoms with van der Waals surface area (Å²) < 4.78 is 5.38. The van der Waals surface area contributed by atoms with E-state index < -0.39 is 30.1 Å². The van der Waals surface area contributed by atoms with Crippen molar-refractivity contribution >= 4 is 17.8 Å². The van der Waals surface area contributed by atoms with E-state index in [9.17, 15) is 19.5 Å². The molecule has 2 bridgehead atoms. The van der Waals surface area contributed by atoms with Gasteiger partial charge in [0.25, 0.3) is 11.8 Å². The minimum absolute atomic E-state index is 0.332. The van der Waals surface area contributed by atoms with E-state index in [0.29, 0.717) is 25.7 Å². The highest BCUT2D eigenvalue weighted by atomic mass is 16.5. The molecule has 4 atom stereocenters. The summed E-state index contributed by atoms with van der Waals surface area (Å²) in [5.74, 6) is -2.21. The molecule has 0 aromatic heterocycles. The number of amides is 2. The number of carboxylic acids is 1. The fraction of sp³-hybridized carbons (Fsp3) is 0.786. The van der Waals surface area contributed by atoms with Gasteiger partial charge in [-0.2, -0.15) is 0 Å². The number of fused-ring (bicyclic) bond motifs is 2. The first-order valence-corrected chi connectivity index (χ1v) is 7.35. The Hall–Kier alpha value is -1.43. The van der Waals surface area contributed by atoms with Crippen LogP contribution in [0.25, 0.3) is 0 Å². The SMILES string of the molecule is O=C(O)C1CCCCCC1N1C(=O)C2CCC(O2)C1=O. The Labute approximate surface area is 117 Å². The number of ether oxygens (including phenoxy) is 1. The lowest BCUT2D eigenvalue weighted by atomic mass is 9.92. The summed E-state index contributed by atoms with van der Waals surface area (Å²) in [6.07, 6.45) is 3.83. The number of likely N-dealkylation sites (tertiary alicyclic amines) is 1. The largest absolute Gasteiger partial charge is 0.481 e. The number of aliphatic carboxylic acids is 1. The molecule has 6 nitrogen and oxygen atoms in total. The smallest absolute Gasteiger partial charge is 0.308 e. The topological polar surface area (TPSA) is 83.9 Å². The second-order valence-corrected chi connectivity index (χ2v) is 5.89. The average molecular weight is 281 g/mol. The highest BCUT2D eigenvalue weighted by Crippen LogP contribution is 2.35. The summed E-state index contributed by atoms with van der Waals surface area (Å²) in [5.41, 5.74) is 0. The monoisotopic (exact) mass is 281 g/mol. The zero-order valence-electron chi connectivity index (χ0n) is 11.3. The van der Waals surface area contributed by atoms with Crippen molar-refractivity contribution in [1.82, 2.24) is 4.90 Å². The van der Waals surface area contributed by atoms with Gasteiger partial charge in [-0.25, -0.2) is 0 Å². The molecule has 2 heterocycles. The highest BCUT2D eigenvalue weighted by Gasteiger charge is 2.51. The summed E-state index contributed by atoms with van der Waals surface area (Å²) in [5, 5.41) is 9.40. The van der Waals surface area contributed by atoms with E-state index >= 15 is 0 Å². The van der Waals surface area contributed by atoms with Gasteiger partial charge in [0.2, 0.25) is 0 Å². The van der Waals surface area contributed by atoms with Crippen LogP contribution in [0.15, 0.2) is 0 Å². The highest BCUT2D eigenvalue weighted by molar-refractivity contribution is 6.03. The number of hydrogen-bond donors (Lipinski definition) is 1. The molecule has 6 heteroatoms. The zero-order chi connectivity index (χ0) is 14.3. The third kappa shape index (κ3) is 2.12. The van der Waals surface area contributed by atoms with Crippen LogP contribution in [-0.4, -0.2) is 46.0 Å². The van der Waals surface area contributed by atoms with Crippen LogP contribution in [0, 0.1) is 5.92 Å². The molecule has 0 aromatic carbocycles. The lowest BCUT2D eigenvalue weighted by Crippen LogP contribution is -2.58. The van der Waals surface area contributed by atoms with Crippen molar-refractivity contribution in [2.75, 3.05) is 0 Å². The van der Waals surface area contributed by atoms with Gasteiger partial charge in [0.05, 0.1) is 12.0 Å². The second-order valence-electron chi connectivity index (χ2n) is 5.89. The standard InChI is InChI=1S/C14H19NO5/c16-12-10-6-7-11(20-10)13(17)15(12)9-5-3-1-2-4-8(9)14(18)19/h8-11H,1-7H2,(H,18,19). The zero-order valence-corrected chi connectivity index (χ0v) is 11.3. The van der Waals surface area contributed by atoms with Crippen LogP contribution in [0.3, 0.4) is 0 Å². The molecule has 3 aliphatic rings. The molecule has 3 fully saturated rings. The maximum absolute atomic E-state index is 12.4. The Morgan fingerprint density at radius 1 is 1.00 bits per heavy atom. The van der Waals surface area contributed by atoms with E-state index in [2.05, 4.69) is 0 Å². The van der Waals surface area contributed by atoms with Crippen molar-refractivity contribution in [2.24, 2.45) is 5.92 Å². The number of carbonyl (C=O) groups excluding carboxylic acids is 2. The molecule has 2 aliphatic heterocycles. The molecule has 0 radical (unpaired) electrons. The van der Waals surface area contributed by atoms with Crippen molar-refractivity contribution in [3.63, 3.8) is 0 Å². The summed E-state index contributed by atoms with van der Waals surface area (Å²) in [6.45, 7) is 0. The third-order valence-electron chi connectivity index (χ3n) is 4.67. The number of hydrogen-bond acceptors (Lipinski definition) is 4. The third-order valence-corrected chi connectivity index (χ3v) is 4.67. The first kappa shape index (κ1) is 13.5. The average Bonchev–Trinajstić information content (AvgIpc) is 2.73. The van der Waals surface area contributed by atoms with Gasteiger partial charge >= 0.3 is 5.97 Å². The van der Waals surface area contributed by atoms with Crippen LogP contribution < -0.4 is 0 Å². The Bertz CT molecular complexity index is 427. The number of carboxylic acid groups (broad SMARTS) is 1. The summed E-state index contributed by atoms with van der Waals surface area (Å²) in [7, 11) is 0. The molecule has 4 unspecified atom stereocenters. The maximum atomic E-state index is 12.4. The molecular formula is C14H19NO5. The van der Waals surface area contributed by atoms with E-state index in [1.54, 1.807) is 0 Å². The minimum atomic E-state index is -0.906. The van der Waals surface area contributed by atoms with E-state index in [0.717, 1.165) is 19.3 Å². The van der Waals surface area contributed by atoms with Crippen LogP contribution in [-0.2, 0) is 19.1 Å². The lowest BCUT2D eigenvalue weighted by Gasteiger charge is -2.37. The van der Waals surface area contributed by atoms with Crippen LogP contribution >= 0.6 is 0 Å². The molecule has 0 spiro atoms. The van der Waals surface area contributed by atoms with Crippen molar-refractivity contribution in [3.8, 4) is 0 Å². The van der Waals surface area contributed by atoms with Crippen LogP contribution in [0.2, 0.25) is 0 Å². The van der Waals surface area contributed by atoms with Gasteiger partial charge in [-0.05, 0) is 25.7 Å². The van der Waals surface area contributed by atoms with Crippen molar-refractivity contribution in [1.29, 1.82) is 0 Å². The van der Waals surface area contributed by atoms with Crippen molar-refractivity contribution < 1.29 is 24.2 Å². The molecule has 0 aromatic rings. The maximum Gasteiger partial charge on any atom is 0.308 e. The van der Waals surface area contributed by atoms with Crippen LogP contribution in [0.5, 0.6) is 0 Å². The Morgan fingerprint density at radius 3 is 2.20 bits per heavy atom. The fourth-order valence-electron chi connectivity index (χ4n) is 3.63. The number of imide groups is 1. The van der Waals surface area contributed by atoms with Crippen molar-refractivity contribution in [2.45, 2.75) is 63.2 Å². The molecule has 2 amide bonds. The van der Waals surface area contributed by atoms with E-state index in [-0.39, 0.29) is 11.8 Å².